The number of hydrogen-bond donors (Lipinski definition) is 1. The quantitative estimate of drug-likeness (QED) is 0.263. The van der Waals surface area contributed by atoms with Crippen LogP contribution < -0.4 is 5.32 Å². The smallest absolute Gasteiger partial charge is 0.00436 e. The highest BCUT2D eigenvalue weighted by Gasteiger charge is 2.38. The van der Waals surface area contributed by atoms with Crippen LogP contribution in [0, 0.1) is 27.1 Å². The Hall–Kier alpha value is -0.0400. The Bertz CT molecular complexity index is 766. The Balaban J connectivity index is 0.000000112. The highest BCUT2D eigenvalue weighted by molar-refractivity contribution is 4.90. The number of piperidine rings is 1. The molecule has 9 saturated carbocycles. The fraction of sp³-hybridized carbons (Fsp3) is 1.00. The summed E-state index contributed by atoms with van der Waals surface area (Å²) >= 11 is 0. The normalized spacial score (nSPS) is 30.9. The monoisotopic (exact) mass is 720 g/mol. The van der Waals surface area contributed by atoms with Crippen molar-refractivity contribution in [2.24, 2.45) is 27.1 Å². The Morgan fingerprint density at radius 1 is 0.154 bits per heavy atom. The van der Waals surface area contributed by atoms with Crippen LogP contribution in [0.25, 0.3) is 0 Å². The van der Waals surface area contributed by atoms with E-state index in [9.17, 15) is 0 Å². The molecule has 1 N–H and O–H groups in total. The largest absolute Gasteiger partial charge is 0.317 e. The minimum Gasteiger partial charge on any atom is -0.317 e. The standard InChI is InChI=1S/2C11H20.C10H19N.C10H18.C9H16/c2*1-3-7-11(8-4-1)9-5-2-6-10-11;1-2-4-10(5-3-1)6-8-11-9-7-10;1-2-6-10(7-3-1)8-4-5-9-10;1-2-5-9(6-3-1)7-4-8-9/h2*1-10H2;11H,1-9H2;1-9H2;1-8H2. The fourth-order valence-electron chi connectivity index (χ4n) is 14.4. The van der Waals surface area contributed by atoms with Gasteiger partial charge in [-0.15, -0.1) is 0 Å². The topological polar surface area (TPSA) is 12.0 Å². The van der Waals surface area contributed by atoms with Gasteiger partial charge in [0.25, 0.3) is 0 Å². The summed E-state index contributed by atoms with van der Waals surface area (Å²) in [5, 5.41) is 3.46. The molecular weight excluding hydrogens is 627 g/mol. The predicted molar refractivity (Wildman–Crippen MR) is 228 cm³/mol. The molecule has 0 radical (unpaired) electrons. The van der Waals surface area contributed by atoms with Crippen LogP contribution in [-0.2, 0) is 0 Å². The molecule has 10 rings (SSSR count). The van der Waals surface area contributed by atoms with E-state index in [1.54, 1.807) is 103 Å². The molecule has 10 aliphatic rings. The van der Waals surface area contributed by atoms with Gasteiger partial charge in [0.15, 0.2) is 0 Å². The van der Waals surface area contributed by atoms with Crippen LogP contribution in [0.15, 0.2) is 0 Å². The molecule has 302 valence electrons. The van der Waals surface area contributed by atoms with E-state index >= 15 is 0 Å². The van der Waals surface area contributed by atoms with Gasteiger partial charge in [-0.25, -0.2) is 0 Å². The van der Waals surface area contributed by atoms with Gasteiger partial charge in [0.2, 0.25) is 0 Å². The van der Waals surface area contributed by atoms with Crippen molar-refractivity contribution in [3.8, 4) is 0 Å². The maximum Gasteiger partial charge on any atom is -0.00436 e. The minimum absolute atomic E-state index is 0.795. The Morgan fingerprint density at radius 2 is 0.308 bits per heavy atom. The van der Waals surface area contributed by atoms with Crippen molar-refractivity contribution in [2.45, 2.75) is 283 Å². The first-order valence-corrected chi connectivity index (χ1v) is 25.3. The molecular formula is C51H93N. The molecule has 0 atom stereocenters. The van der Waals surface area contributed by atoms with Gasteiger partial charge >= 0.3 is 0 Å². The molecule has 1 heteroatoms. The van der Waals surface area contributed by atoms with Crippen LogP contribution in [0.3, 0.4) is 0 Å². The predicted octanol–water partition coefficient (Wildman–Crippen LogP) is 16.8. The maximum atomic E-state index is 3.46. The summed E-state index contributed by atoms with van der Waals surface area (Å²) in [5.41, 5.74) is 4.28. The van der Waals surface area contributed by atoms with Crippen LogP contribution in [-0.4, -0.2) is 13.1 Å². The Labute approximate surface area is 327 Å². The maximum absolute atomic E-state index is 3.46. The highest BCUT2D eigenvalue weighted by Crippen LogP contribution is 2.52. The molecule has 1 heterocycles. The summed E-state index contributed by atoms with van der Waals surface area (Å²) in [4.78, 5) is 0. The molecule has 0 aromatic carbocycles. The third kappa shape index (κ3) is 12.7. The number of hydrogen-bond acceptors (Lipinski definition) is 1. The van der Waals surface area contributed by atoms with E-state index in [1.165, 1.54) is 193 Å². The highest BCUT2D eigenvalue weighted by atomic mass is 14.9. The lowest BCUT2D eigenvalue weighted by Crippen LogP contribution is -2.37. The Morgan fingerprint density at radius 3 is 0.481 bits per heavy atom. The summed E-state index contributed by atoms with van der Waals surface area (Å²) in [6, 6.07) is 0. The zero-order valence-electron chi connectivity index (χ0n) is 35.5. The average Bonchev–Trinajstić information content (AvgIpc) is 3.65. The molecule has 5 spiro atoms. The van der Waals surface area contributed by atoms with E-state index in [0.29, 0.717) is 0 Å². The second-order valence-electron chi connectivity index (χ2n) is 21.7. The van der Waals surface area contributed by atoms with E-state index in [4.69, 9.17) is 0 Å². The molecule has 52 heavy (non-hydrogen) atoms. The molecule has 0 aromatic rings. The van der Waals surface area contributed by atoms with Crippen molar-refractivity contribution in [3.05, 3.63) is 0 Å². The van der Waals surface area contributed by atoms with Gasteiger partial charge in [0, 0.05) is 0 Å². The van der Waals surface area contributed by atoms with Crippen molar-refractivity contribution in [3.63, 3.8) is 0 Å². The summed E-state index contributed by atoms with van der Waals surface area (Å²) in [5.74, 6) is 0. The van der Waals surface area contributed by atoms with Gasteiger partial charge in [-0.2, -0.15) is 0 Å². The van der Waals surface area contributed by atoms with Crippen molar-refractivity contribution in [1.82, 2.24) is 5.32 Å². The molecule has 0 unspecified atom stereocenters. The van der Waals surface area contributed by atoms with Crippen molar-refractivity contribution >= 4 is 0 Å². The molecule has 1 nitrogen and oxygen atoms in total. The van der Waals surface area contributed by atoms with Crippen LogP contribution in [0.2, 0.25) is 0 Å². The first kappa shape index (κ1) is 41.6. The molecule has 1 aliphatic heterocycles. The molecule has 0 amide bonds. The van der Waals surface area contributed by atoms with Crippen LogP contribution in [0.1, 0.15) is 283 Å². The SMILES string of the molecule is C1CCC2(CC1)CCC2.C1CCC2(CC1)CCCC2.C1CCC2(CC1)CCCCC2.C1CCC2(CC1)CCCCC2.C1CCC2(CC1)CCNCC2. The van der Waals surface area contributed by atoms with Crippen molar-refractivity contribution in [2.75, 3.05) is 13.1 Å². The first-order valence-electron chi connectivity index (χ1n) is 25.3. The average molecular weight is 720 g/mol. The second kappa shape index (κ2) is 21.5. The Kier molecular flexibility index (Phi) is 17.2. The zero-order chi connectivity index (χ0) is 35.7. The van der Waals surface area contributed by atoms with E-state index in [-0.39, 0.29) is 0 Å². The van der Waals surface area contributed by atoms with Gasteiger partial charge in [-0.05, 0) is 169 Å². The molecule has 9 aliphatic carbocycles. The van der Waals surface area contributed by atoms with Gasteiger partial charge in [-0.3, -0.25) is 0 Å². The van der Waals surface area contributed by atoms with E-state index in [2.05, 4.69) is 5.32 Å². The second-order valence-corrected chi connectivity index (χ2v) is 21.7. The van der Waals surface area contributed by atoms with Crippen LogP contribution in [0.4, 0.5) is 0 Å². The summed E-state index contributed by atoms with van der Waals surface area (Å²) < 4.78 is 0. The molecule has 1 saturated heterocycles. The lowest BCUT2D eigenvalue weighted by molar-refractivity contribution is 0.0775. The number of rotatable bonds is 0. The van der Waals surface area contributed by atoms with Gasteiger partial charge in [-0.1, -0.05) is 154 Å². The lowest BCUT2D eigenvalue weighted by atomic mass is 9.61. The summed E-state index contributed by atoms with van der Waals surface area (Å²) in [6.07, 6.45) is 67.5. The molecule has 10 fully saturated rings. The third-order valence-electron chi connectivity index (χ3n) is 18.1. The van der Waals surface area contributed by atoms with E-state index in [1.807, 2.05) is 0 Å². The van der Waals surface area contributed by atoms with Crippen molar-refractivity contribution in [1.29, 1.82) is 0 Å². The lowest BCUT2D eigenvalue weighted by Gasteiger charge is -2.45. The van der Waals surface area contributed by atoms with Gasteiger partial charge < -0.3 is 5.32 Å². The van der Waals surface area contributed by atoms with E-state index < -0.39 is 0 Å². The zero-order valence-corrected chi connectivity index (χ0v) is 35.5. The third-order valence-corrected chi connectivity index (χ3v) is 18.1. The van der Waals surface area contributed by atoms with Crippen LogP contribution in [0.5, 0.6) is 0 Å². The van der Waals surface area contributed by atoms with E-state index in [0.717, 1.165) is 27.1 Å². The van der Waals surface area contributed by atoms with Crippen LogP contribution >= 0.6 is 0 Å². The van der Waals surface area contributed by atoms with Crippen molar-refractivity contribution < 1.29 is 0 Å². The van der Waals surface area contributed by atoms with Gasteiger partial charge in [0.1, 0.15) is 0 Å². The summed E-state index contributed by atoms with van der Waals surface area (Å²) in [6.45, 7) is 2.56. The minimum atomic E-state index is 0.795. The number of nitrogens with one attached hydrogen (secondary N) is 1. The molecule has 0 aromatic heterocycles. The molecule has 0 bridgehead atoms. The fourth-order valence-corrected chi connectivity index (χ4v) is 14.4. The van der Waals surface area contributed by atoms with Gasteiger partial charge in [0.05, 0.1) is 0 Å². The first-order chi connectivity index (χ1) is 25.6. The summed E-state index contributed by atoms with van der Waals surface area (Å²) in [7, 11) is 0.